The van der Waals surface area contributed by atoms with E-state index in [1.807, 2.05) is 0 Å². The number of hydrogen-bond acceptors (Lipinski definition) is 4. The van der Waals surface area contributed by atoms with Gasteiger partial charge in [-0.3, -0.25) is 0 Å². The number of nitrogens with one attached hydrogen (secondary N) is 1. The third kappa shape index (κ3) is 11.6. The van der Waals surface area contributed by atoms with Gasteiger partial charge < -0.3 is 14.8 Å². The topological polar surface area (TPSA) is 64.6 Å². The lowest BCUT2D eigenvalue weighted by Gasteiger charge is -2.27. The van der Waals surface area contributed by atoms with Crippen LogP contribution in [0, 0.1) is 0 Å². The van der Waals surface area contributed by atoms with Crippen LogP contribution in [0.15, 0.2) is 12.7 Å². The van der Waals surface area contributed by atoms with E-state index in [9.17, 15) is 9.59 Å². The predicted molar refractivity (Wildman–Crippen MR) is 123 cm³/mol. The maximum atomic E-state index is 12.6. The highest BCUT2D eigenvalue weighted by Gasteiger charge is 2.44. The van der Waals surface area contributed by atoms with Crippen molar-refractivity contribution in [1.29, 1.82) is 0 Å². The van der Waals surface area contributed by atoms with E-state index < -0.39 is 11.6 Å². The van der Waals surface area contributed by atoms with Crippen molar-refractivity contribution >= 4 is 12.1 Å². The predicted octanol–water partition coefficient (Wildman–Crippen LogP) is 6.85. The van der Waals surface area contributed by atoms with Gasteiger partial charge in [0.1, 0.15) is 12.1 Å². The molecule has 174 valence electrons. The Kier molecular flexibility index (Phi) is 15.2. The third-order valence-electron chi connectivity index (χ3n) is 6.00. The van der Waals surface area contributed by atoms with Crippen LogP contribution >= 0.6 is 0 Å². The maximum absolute atomic E-state index is 12.6. The van der Waals surface area contributed by atoms with E-state index in [2.05, 4.69) is 18.8 Å². The highest BCUT2D eigenvalue weighted by Crippen LogP contribution is 2.31. The zero-order valence-electron chi connectivity index (χ0n) is 19.4. The molecule has 0 saturated heterocycles. The largest absolute Gasteiger partial charge is 0.464 e. The first-order valence-corrected chi connectivity index (χ1v) is 12.4. The lowest BCUT2D eigenvalue weighted by Crippen LogP contribution is -2.53. The van der Waals surface area contributed by atoms with Gasteiger partial charge in [-0.1, -0.05) is 109 Å². The molecule has 1 aliphatic carbocycles. The molecule has 5 heteroatoms. The molecule has 0 atom stereocenters. The summed E-state index contributed by atoms with van der Waals surface area (Å²) >= 11 is 0. The molecule has 5 nitrogen and oxygen atoms in total. The Morgan fingerprint density at radius 3 is 1.83 bits per heavy atom. The Morgan fingerprint density at radius 2 is 1.33 bits per heavy atom. The van der Waals surface area contributed by atoms with E-state index in [0.717, 1.165) is 25.7 Å². The molecule has 1 amide bonds. The average molecular weight is 424 g/mol. The van der Waals surface area contributed by atoms with Gasteiger partial charge in [-0.25, -0.2) is 9.59 Å². The van der Waals surface area contributed by atoms with Crippen LogP contribution in [0.4, 0.5) is 4.79 Å². The summed E-state index contributed by atoms with van der Waals surface area (Å²) in [6.07, 6.45) is 20.8. The summed E-state index contributed by atoms with van der Waals surface area (Å²) in [6, 6.07) is 0. The molecule has 1 saturated carbocycles. The van der Waals surface area contributed by atoms with Crippen molar-refractivity contribution in [3.05, 3.63) is 12.7 Å². The molecule has 0 spiro atoms. The summed E-state index contributed by atoms with van der Waals surface area (Å²) < 4.78 is 10.5. The number of ether oxygens (including phenoxy) is 2. The van der Waals surface area contributed by atoms with E-state index in [1.165, 1.54) is 76.7 Å². The second-order valence-corrected chi connectivity index (χ2v) is 8.68. The average Bonchev–Trinajstić information content (AvgIpc) is 3.22. The quantitative estimate of drug-likeness (QED) is 0.149. The summed E-state index contributed by atoms with van der Waals surface area (Å²) in [5, 5.41) is 2.74. The first-order valence-electron chi connectivity index (χ1n) is 12.4. The second kappa shape index (κ2) is 17.2. The molecule has 30 heavy (non-hydrogen) atoms. The van der Waals surface area contributed by atoms with Crippen LogP contribution in [0.25, 0.3) is 0 Å². The molecule has 0 radical (unpaired) electrons. The van der Waals surface area contributed by atoms with Crippen molar-refractivity contribution in [1.82, 2.24) is 5.32 Å². The van der Waals surface area contributed by atoms with Crippen molar-refractivity contribution < 1.29 is 19.1 Å². The second-order valence-electron chi connectivity index (χ2n) is 8.68. The van der Waals surface area contributed by atoms with Gasteiger partial charge in [-0.2, -0.15) is 0 Å². The van der Waals surface area contributed by atoms with Crippen molar-refractivity contribution in [3.8, 4) is 0 Å². The van der Waals surface area contributed by atoms with Crippen LogP contribution < -0.4 is 5.32 Å². The standard InChI is InChI=1S/C25H45NO4/c1-3-5-6-7-8-9-10-11-12-13-14-15-18-22-29-23(27)25(19-16-17-20-25)26-24(28)30-21-4-2/h4H,2-3,5-22H2,1H3,(H,26,28). The molecule has 0 heterocycles. The van der Waals surface area contributed by atoms with Crippen LogP contribution in [0.1, 0.15) is 116 Å². The first-order chi connectivity index (χ1) is 14.6. The lowest BCUT2D eigenvalue weighted by atomic mass is 9.98. The molecule has 1 N–H and O–H groups in total. The van der Waals surface area contributed by atoms with Crippen LogP contribution in [0.5, 0.6) is 0 Å². The van der Waals surface area contributed by atoms with Gasteiger partial charge >= 0.3 is 12.1 Å². The third-order valence-corrected chi connectivity index (χ3v) is 6.00. The van der Waals surface area contributed by atoms with E-state index in [1.54, 1.807) is 0 Å². The van der Waals surface area contributed by atoms with Crippen LogP contribution in [0.3, 0.4) is 0 Å². The van der Waals surface area contributed by atoms with Crippen LogP contribution in [0.2, 0.25) is 0 Å². The van der Waals surface area contributed by atoms with Gasteiger partial charge in [0.15, 0.2) is 0 Å². The summed E-state index contributed by atoms with van der Waals surface area (Å²) in [5.74, 6) is -0.311. The summed E-state index contributed by atoms with van der Waals surface area (Å²) in [6.45, 7) is 6.35. The van der Waals surface area contributed by atoms with Gasteiger partial charge in [0.2, 0.25) is 0 Å². The number of amides is 1. The summed E-state index contributed by atoms with van der Waals surface area (Å²) in [4.78, 5) is 24.5. The molecular weight excluding hydrogens is 378 g/mol. The summed E-state index contributed by atoms with van der Waals surface area (Å²) in [7, 11) is 0. The Bertz CT molecular complexity index is 472. The molecular formula is C25H45NO4. The van der Waals surface area contributed by atoms with Crippen LogP contribution in [-0.4, -0.2) is 30.8 Å². The number of rotatable bonds is 18. The normalized spacial score (nSPS) is 15.0. The highest BCUT2D eigenvalue weighted by molar-refractivity contribution is 5.86. The molecule has 0 aliphatic heterocycles. The maximum Gasteiger partial charge on any atom is 0.408 e. The van der Waals surface area contributed by atoms with Crippen molar-refractivity contribution in [2.24, 2.45) is 0 Å². The number of carbonyl (C=O) groups excluding carboxylic acids is 2. The monoisotopic (exact) mass is 423 g/mol. The Labute approximate surface area is 184 Å². The number of esters is 1. The Hall–Kier alpha value is -1.52. The van der Waals surface area contributed by atoms with Crippen molar-refractivity contribution in [2.45, 2.75) is 122 Å². The number of hydrogen-bond donors (Lipinski definition) is 1. The van der Waals surface area contributed by atoms with Gasteiger partial charge in [0, 0.05) is 0 Å². The van der Waals surface area contributed by atoms with Crippen molar-refractivity contribution in [3.63, 3.8) is 0 Å². The zero-order chi connectivity index (χ0) is 21.9. The SMILES string of the molecule is C=CCOC(=O)NC1(C(=O)OCCCCCCCCCCCCCCC)CCCC1. The van der Waals surface area contributed by atoms with Gasteiger partial charge in [0.25, 0.3) is 0 Å². The van der Waals surface area contributed by atoms with E-state index >= 15 is 0 Å². The fraction of sp³-hybridized carbons (Fsp3) is 0.840. The molecule has 1 aliphatic rings. The zero-order valence-corrected chi connectivity index (χ0v) is 19.4. The minimum atomic E-state index is -0.908. The number of alkyl carbamates (subject to hydrolysis) is 1. The first kappa shape index (κ1) is 26.5. The molecule has 0 aromatic rings. The smallest absolute Gasteiger partial charge is 0.408 e. The lowest BCUT2D eigenvalue weighted by molar-refractivity contribution is -0.151. The minimum absolute atomic E-state index is 0.135. The molecule has 1 fully saturated rings. The fourth-order valence-corrected chi connectivity index (χ4v) is 4.15. The molecule has 0 aromatic heterocycles. The highest BCUT2D eigenvalue weighted by atomic mass is 16.6. The molecule has 0 aromatic carbocycles. The van der Waals surface area contributed by atoms with Gasteiger partial charge in [-0.05, 0) is 19.3 Å². The van der Waals surface area contributed by atoms with E-state index in [0.29, 0.717) is 19.4 Å². The number of unbranched alkanes of at least 4 members (excludes halogenated alkanes) is 12. The molecule has 0 unspecified atom stereocenters. The molecule has 0 bridgehead atoms. The van der Waals surface area contributed by atoms with E-state index in [4.69, 9.17) is 9.47 Å². The summed E-state index contributed by atoms with van der Waals surface area (Å²) in [5.41, 5.74) is -0.908. The van der Waals surface area contributed by atoms with Gasteiger partial charge in [-0.15, -0.1) is 0 Å². The molecule has 1 rings (SSSR count). The van der Waals surface area contributed by atoms with Crippen molar-refractivity contribution in [2.75, 3.05) is 13.2 Å². The Morgan fingerprint density at radius 1 is 0.833 bits per heavy atom. The minimum Gasteiger partial charge on any atom is -0.464 e. The Balaban J connectivity index is 2.03. The van der Waals surface area contributed by atoms with Gasteiger partial charge in [0.05, 0.1) is 6.61 Å². The van der Waals surface area contributed by atoms with E-state index in [-0.39, 0.29) is 12.6 Å². The number of carbonyl (C=O) groups is 2. The van der Waals surface area contributed by atoms with Crippen LogP contribution in [-0.2, 0) is 14.3 Å². The fourth-order valence-electron chi connectivity index (χ4n) is 4.15.